The first kappa shape index (κ1) is 18.2. The minimum Gasteiger partial charge on any atom is -0.341 e. The average Bonchev–Trinajstić information content (AvgIpc) is 2.46. The maximum absolute atomic E-state index is 12.4. The van der Waals surface area contributed by atoms with Gasteiger partial charge in [-0.15, -0.1) is 0 Å². The molecule has 22 heavy (non-hydrogen) atoms. The Morgan fingerprint density at radius 2 is 1.77 bits per heavy atom. The predicted molar refractivity (Wildman–Crippen MR) is 89.7 cm³/mol. The molecular weight excluding hydrogens is 278 g/mol. The van der Waals surface area contributed by atoms with Gasteiger partial charge in [-0.25, -0.2) is 0 Å². The van der Waals surface area contributed by atoms with Gasteiger partial charge in [-0.2, -0.15) is 0 Å². The van der Waals surface area contributed by atoms with Gasteiger partial charge in [-0.05, 0) is 36.2 Å². The van der Waals surface area contributed by atoms with Crippen molar-refractivity contribution < 1.29 is 9.59 Å². The molecular formula is C17H27N3O2. The fourth-order valence-electron chi connectivity index (χ4n) is 1.98. The molecule has 0 spiro atoms. The zero-order valence-corrected chi connectivity index (χ0v) is 14.1. The van der Waals surface area contributed by atoms with Gasteiger partial charge in [0.15, 0.2) is 0 Å². The van der Waals surface area contributed by atoms with Crippen LogP contribution in [0.15, 0.2) is 24.3 Å². The molecule has 0 aliphatic heterocycles. The summed E-state index contributed by atoms with van der Waals surface area (Å²) in [5, 5.41) is 2.80. The Labute approximate surface area is 132 Å². The van der Waals surface area contributed by atoms with E-state index in [9.17, 15) is 9.59 Å². The molecule has 0 heterocycles. The third-order valence-electron chi connectivity index (χ3n) is 3.49. The highest BCUT2D eigenvalue weighted by molar-refractivity contribution is 5.96. The number of amides is 2. The second kappa shape index (κ2) is 7.40. The van der Waals surface area contributed by atoms with E-state index >= 15 is 0 Å². The number of hydrogen-bond donors (Lipinski definition) is 2. The van der Waals surface area contributed by atoms with Crippen molar-refractivity contribution in [3.8, 4) is 0 Å². The zero-order chi connectivity index (χ0) is 16.9. The lowest BCUT2D eigenvalue weighted by Gasteiger charge is -2.29. The first-order valence-electron chi connectivity index (χ1n) is 7.53. The summed E-state index contributed by atoms with van der Waals surface area (Å²) >= 11 is 0. The molecule has 0 saturated heterocycles. The van der Waals surface area contributed by atoms with Crippen LogP contribution in [-0.4, -0.2) is 36.9 Å². The number of nitrogens with one attached hydrogen (secondary N) is 1. The van der Waals surface area contributed by atoms with E-state index in [1.807, 2.05) is 27.7 Å². The summed E-state index contributed by atoms with van der Waals surface area (Å²) in [5.74, 6) is -0.171. The molecule has 1 aromatic rings. The lowest BCUT2D eigenvalue weighted by atomic mass is 9.93. The SMILES string of the molecule is CC(C)C(=O)Nc1ccc(C(=O)N(C)CC(C)(C)CN)cc1. The third kappa shape index (κ3) is 5.15. The van der Waals surface area contributed by atoms with Gasteiger partial charge >= 0.3 is 0 Å². The van der Waals surface area contributed by atoms with E-state index in [0.717, 1.165) is 0 Å². The number of carbonyl (C=O) groups is 2. The van der Waals surface area contributed by atoms with Crippen molar-refractivity contribution in [1.82, 2.24) is 4.90 Å². The highest BCUT2D eigenvalue weighted by atomic mass is 16.2. The molecule has 0 atom stereocenters. The van der Waals surface area contributed by atoms with Crippen LogP contribution in [0, 0.1) is 11.3 Å². The standard InChI is InChI=1S/C17H27N3O2/c1-12(2)15(21)19-14-8-6-13(7-9-14)16(22)20(5)11-17(3,4)10-18/h6-9,12H,10-11,18H2,1-5H3,(H,19,21). The lowest BCUT2D eigenvalue weighted by Crippen LogP contribution is -2.39. The van der Waals surface area contributed by atoms with Crippen LogP contribution in [0.3, 0.4) is 0 Å². The summed E-state index contributed by atoms with van der Waals surface area (Å²) in [4.78, 5) is 25.7. The molecule has 0 saturated carbocycles. The molecule has 2 amide bonds. The molecule has 0 unspecified atom stereocenters. The monoisotopic (exact) mass is 305 g/mol. The van der Waals surface area contributed by atoms with E-state index in [2.05, 4.69) is 5.32 Å². The largest absolute Gasteiger partial charge is 0.341 e. The molecule has 0 fully saturated rings. The molecule has 1 rings (SSSR count). The van der Waals surface area contributed by atoms with E-state index in [1.165, 1.54) is 0 Å². The molecule has 5 nitrogen and oxygen atoms in total. The van der Waals surface area contributed by atoms with E-state index in [0.29, 0.717) is 24.3 Å². The van der Waals surface area contributed by atoms with Crippen LogP contribution < -0.4 is 11.1 Å². The van der Waals surface area contributed by atoms with Crippen LogP contribution in [-0.2, 0) is 4.79 Å². The number of benzene rings is 1. The van der Waals surface area contributed by atoms with Gasteiger partial charge in [-0.3, -0.25) is 9.59 Å². The van der Waals surface area contributed by atoms with Crippen molar-refractivity contribution in [3.05, 3.63) is 29.8 Å². The first-order valence-corrected chi connectivity index (χ1v) is 7.53. The molecule has 0 radical (unpaired) electrons. The summed E-state index contributed by atoms with van der Waals surface area (Å²) in [6, 6.07) is 6.94. The highest BCUT2D eigenvalue weighted by Gasteiger charge is 2.21. The quantitative estimate of drug-likeness (QED) is 0.847. The predicted octanol–water partition coefficient (Wildman–Crippen LogP) is 2.34. The summed E-state index contributed by atoms with van der Waals surface area (Å²) in [6.07, 6.45) is 0. The third-order valence-corrected chi connectivity index (χ3v) is 3.49. The molecule has 1 aromatic carbocycles. The molecule has 0 aliphatic carbocycles. The molecule has 0 bridgehead atoms. The molecule has 3 N–H and O–H groups in total. The van der Waals surface area contributed by atoms with Crippen molar-refractivity contribution in [2.24, 2.45) is 17.1 Å². The summed E-state index contributed by atoms with van der Waals surface area (Å²) in [7, 11) is 1.77. The maximum Gasteiger partial charge on any atom is 0.253 e. The second-order valence-corrected chi connectivity index (χ2v) is 6.75. The number of hydrogen-bond acceptors (Lipinski definition) is 3. The topological polar surface area (TPSA) is 75.4 Å². The Kier molecular flexibility index (Phi) is 6.11. The Morgan fingerprint density at radius 1 is 1.23 bits per heavy atom. The number of rotatable bonds is 6. The number of nitrogens with zero attached hydrogens (tertiary/aromatic N) is 1. The summed E-state index contributed by atoms with van der Waals surface area (Å²) < 4.78 is 0. The fraction of sp³-hybridized carbons (Fsp3) is 0.529. The van der Waals surface area contributed by atoms with Crippen molar-refractivity contribution in [3.63, 3.8) is 0 Å². The van der Waals surface area contributed by atoms with Gasteiger partial charge < -0.3 is 16.0 Å². The zero-order valence-electron chi connectivity index (χ0n) is 14.1. The average molecular weight is 305 g/mol. The second-order valence-electron chi connectivity index (χ2n) is 6.75. The van der Waals surface area contributed by atoms with E-state index < -0.39 is 0 Å². The Hall–Kier alpha value is -1.88. The van der Waals surface area contributed by atoms with Crippen LogP contribution in [0.2, 0.25) is 0 Å². The Morgan fingerprint density at radius 3 is 2.23 bits per heavy atom. The number of nitrogens with two attached hydrogens (primary N) is 1. The minimum absolute atomic E-state index is 0.0408. The molecule has 5 heteroatoms. The van der Waals surface area contributed by atoms with Crippen LogP contribution in [0.25, 0.3) is 0 Å². The van der Waals surface area contributed by atoms with Gasteiger partial charge in [0.05, 0.1) is 0 Å². The van der Waals surface area contributed by atoms with E-state index in [4.69, 9.17) is 5.73 Å². The normalized spacial score (nSPS) is 11.4. The molecule has 0 aromatic heterocycles. The van der Waals surface area contributed by atoms with Crippen molar-refractivity contribution in [1.29, 1.82) is 0 Å². The van der Waals surface area contributed by atoms with E-state index in [1.54, 1.807) is 36.2 Å². The van der Waals surface area contributed by atoms with Crippen molar-refractivity contribution >= 4 is 17.5 Å². The smallest absolute Gasteiger partial charge is 0.253 e. The molecule has 0 aliphatic rings. The highest BCUT2D eigenvalue weighted by Crippen LogP contribution is 2.17. The van der Waals surface area contributed by atoms with Crippen LogP contribution in [0.4, 0.5) is 5.69 Å². The van der Waals surface area contributed by atoms with Gasteiger partial charge in [0.1, 0.15) is 0 Å². The van der Waals surface area contributed by atoms with Crippen LogP contribution in [0.5, 0.6) is 0 Å². The summed E-state index contributed by atoms with van der Waals surface area (Å²) in [5.41, 5.74) is 6.88. The number of anilines is 1. The van der Waals surface area contributed by atoms with Gasteiger partial charge in [0, 0.05) is 30.8 Å². The van der Waals surface area contributed by atoms with Gasteiger partial charge in [0.2, 0.25) is 5.91 Å². The first-order chi connectivity index (χ1) is 10.2. The summed E-state index contributed by atoms with van der Waals surface area (Å²) in [6.45, 7) is 8.84. The van der Waals surface area contributed by atoms with Crippen LogP contribution >= 0.6 is 0 Å². The van der Waals surface area contributed by atoms with Crippen LogP contribution in [0.1, 0.15) is 38.1 Å². The van der Waals surface area contributed by atoms with Crippen molar-refractivity contribution in [2.45, 2.75) is 27.7 Å². The minimum atomic E-state index is -0.115. The Balaban J connectivity index is 2.73. The van der Waals surface area contributed by atoms with E-state index in [-0.39, 0.29) is 23.1 Å². The number of carbonyl (C=O) groups excluding carboxylic acids is 2. The maximum atomic E-state index is 12.4. The van der Waals surface area contributed by atoms with Gasteiger partial charge in [-0.1, -0.05) is 27.7 Å². The fourth-order valence-corrected chi connectivity index (χ4v) is 1.98. The molecule has 122 valence electrons. The Bertz CT molecular complexity index is 521. The van der Waals surface area contributed by atoms with Crippen molar-refractivity contribution in [2.75, 3.05) is 25.5 Å². The van der Waals surface area contributed by atoms with Gasteiger partial charge in [0.25, 0.3) is 5.91 Å². The lowest BCUT2D eigenvalue weighted by molar-refractivity contribution is -0.118.